The largest absolute Gasteiger partial charge is 0.508 e. The Morgan fingerprint density at radius 3 is 2.45 bits per heavy atom. The van der Waals surface area contributed by atoms with E-state index in [1.807, 2.05) is 39.8 Å². The number of phenols is 2. The molecular weight excluding hydrogens is 372 g/mol. The van der Waals surface area contributed by atoms with Crippen LogP contribution < -0.4 is 0 Å². The fraction of sp³-hybridized carbons (Fsp3) is 0.522. The number of phenolic OH excluding ortho intramolecular Hbond substituents is 2. The second-order valence-corrected chi connectivity index (χ2v) is 8.42. The maximum atomic E-state index is 12.7. The van der Waals surface area contributed by atoms with Crippen LogP contribution in [0, 0.1) is 11.8 Å². The van der Waals surface area contributed by atoms with E-state index in [1.54, 1.807) is 6.08 Å². The Balaban J connectivity index is 2.02. The third-order valence-corrected chi connectivity index (χ3v) is 5.49. The molecule has 2 heterocycles. The van der Waals surface area contributed by atoms with Crippen LogP contribution in [0.5, 0.6) is 11.5 Å². The number of rotatable bonds is 0. The maximum absolute atomic E-state index is 12.7. The van der Waals surface area contributed by atoms with Gasteiger partial charge in [-0.2, -0.15) is 0 Å². The number of fused-ring (bicyclic) bond motifs is 2. The molecule has 2 unspecified atom stereocenters. The summed E-state index contributed by atoms with van der Waals surface area (Å²) >= 11 is 0. The van der Waals surface area contributed by atoms with Crippen LogP contribution in [0.15, 0.2) is 30.4 Å². The van der Waals surface area contributed by atoms with Crippen LogP contribution in [0.1, 0.15) is 57.0 Å². The third kappa shape index (κ3) is 4.82. The van der Waals surface area contributed by atoms with E-state index in [4.69, 9.17) is 14.2 Å². The van der Waals surface area contributed by atoms with Crippen LogP contribution in [-0.4, -0.2) is 40.3 Å². The SMILES string of the molecule is CC1/C=C\[C@@H](C)[C@H](C)OC(=O)c2c(O)cc(O)cc2/C=C/C[C@@H]2OC(C)(C)OC12. The van der Waals surface area contributed by atoms with Crippen LogP contribution in [0.2, 0.25) is 0 Å². The van der Waals surface area contributed by atoms with Crippen LogP contribution in [0.4, 0.5) is 0 Å². The predicted molar refractivity (Wildman–Crippen MR) is 110 cm³/mol. The number of aromatic hydroxyl groups is 2. The van der Waals surface area contributed by atoms with Gasteiger partial charge in [0.25, 0.3) is 0 Å². The fourth-order valence-corrected chi connectivity index (χ4v) is 3.76. The molecule has 1 aromatic rings. The lowest BCUT2D eigenvalue weighted by molar-refractivity contribution is -0.148. The van der Waals surface area contributed by atoms with Crippen molar-refractivity contribution in [2.45, 2.75) is 65.1 Å². The molecule has 158 valence electrons. The van der Waals surface area contributed by atoms with E-state index < -0.39 is 17.9 Å². The average molecular weight is 402 g/mol. The second-order valence-electron chi connectivity index (χ2n) is 8.42. The molecule has 0 aliphatic carbocycles. The number of cyclic esters (lactones) is 1. The first-order chi connectivity index (χ1) is 13.6. The van der Waals surface area contributed by atoms with Crippen molar-refractivity contribution in [2.75, 3.05) is 0 Å². The molecule has 2 aliphatic rings. The normalized spacial score (nSPS) is 34.4. The summed E-state index contributed by atoms with van der Waals surface area (Å²) in [6.45, 7) is 9.67. The molecule has 0 amide bonds. The second kappa shape index (κ2) is 8.20. The molecule has 3 rings (SSSR count). The van der Waals surface area contributed by atoms with Crippen molar-refractivity contribution in [3.05, 3.63) is 41.5 Å². The summed E-state index contributed by atoms with van der Waals surface area (Å²) in [5.74, 6) is -1.66. The predicted octanol–water partition coefficient (Wildman–Crippen LogP) is 4.41. The van der Waals surface area contributed by atoms with E-state index in [0.717, 1.165) is 6.07 Å². The highest BCUT2D eigenvalue weighted by Gasteiger charge is 2.42. The molecule has 6 heteroatoms. The highest BCUT2D eigenvalue weighted by Crippen LogP contribution is 2.36. The number of carbonyl (C=O) groups excluding carboxylic acids is 1. The number of carbonyl (C=O) groups is 1. The summed E-state index contributed by atoms with van der Waals surface area (Å²) in [4.78, 5) is 12.7. The summed E-state index contributed by atoms with van der Waals surface area (Å²) in [5.41, 5.74) is 0.427. The third-order valence-electron chi connectivity index (χ3n) is 5.49. The molecule has 0 saturated carbocycles. The van der Waals surface area contributed by atoms with Gasteiger partial charge >= 0.3 is 5.97 Å². The lowest BCUT2D eigenvalue weighted by Crippen LogP contribution is -2.29. The Bertz CT molecular complexity index is 825. The van der Waals surface area contributed by atoms with Crippen molar-refractivity contribution in [2.24, 2.45) is 11.8 Å². The quantitative estimate of drug-likeness (QED) is 0.494. The Hall–Kier alpha value is -2.31. The van der Waals surface area contributed by atoms with E-state index in [0.29, 0.717) is 12.0 Å². The molecule has 1 saturated heterocycles. The standard InChI is InChI=1S/C23H30O6/c1-13-9-10-14(2)21-19(28-23(4,5)29-21)8-6-7-16-11-17(24)12-18(25)20(16)22(26)27-15(13)3/h6-7,9-15,19,21,24-25H,8H2,1-5H3/b7-6+,10-9-/t13-,14?,15+,19+,21?/m1/s1. The average Bonchev–Trinajstić information content (AvgIpc) is 2.92. The lowest BCUT2D eigenvalue weighted by Gasteiger charge is -2.23. The van der Waals surface area contributed by atoms with Gasteiger partial charge in [0.05, 0.1) is 12.2 Å². The van der Waals surface area contributed by atoms with Gasteiger partial charge in [-0.3, -0.25) is 0 Å². The number of hydrogen-bond acceptors (Lipinski definition) is 6. The van der Waals surface area contributed by atoms with Crippen molar-refractivity contribution in [1.82, 2.24) is 0 Å². The van der Waals surface area contributed by atoms with Gasteiger partial charge < -0.3 is 24.4 Å². The Kier molecular flexibility index (Phi) is 6.05. The van der Waals surface area contributed by atoms with Gasteiger partial charge in [-0.15, -0.1) is 0 Å². The molecular formula is C23H30O6. The van der Waals surface area contributed by atoms with E-state index in [9.17, 15) is 15.0 Å². The van der Waals surface area contributed by atoms with Gasteiger partial charge in [0.15, 0.2) is 5.79 Å². The van der Waals surface area contributed by atoms with Crippen molar-refractivity contribution in [3.63, 3.8) is 0 Å². The molecule has 6 nitrogen and oxygen atoms in total. The van der Waals surface area contributed by atoms with Gasteiger partial charge in [-0.1, -0.05) is 38.2 Å². The lowest BCUT2D eigenvalue weighted by atomic mass is 9.94. The number of hydrogen-bond donors (Lipinski definition) is 2. The minimum Gasteiger partial charge on any atom is -0.508 e. The molecule has 0 bridgehead atoms. The first kappa shape index (κ1) is 21.4. The van der Waals surface area contributed by atoms with Crippen molar-refractivity contribution in [1.29, 1.82) is 0 Å². The monoisotopic (exact) mass is 402 g/mol. The molecule has 2 N–H and O–H groups in total. The first-order valence-electron chi connectivity index (χ1n) is 10.0. The number of esters is 1. The zero-order chi connectivity index (χ0) is 21.3. The smallest absolute Gasteiger partial charge is 0.342 e. The molecule has 0 radical (unpaired) electrons. The maximum Gasteiger partial charge on any atom is 0.342 e. The minimum atomic E-state index is -0.675. The van der Waals surface area contributed by atoms with Gasteiger partial charge in [0.2, 0.25) is 0 Å². The summed E-state index contributed by atoms with van der Waals surface area (Å²) in [5, 5.41) is 20.1. The Morgan fingerprint density at radius 1 is 1.03 bits per heavy atom. The van der Waals surface area contributed by atoms with E-state index in [-0.39, 0.29) is 41.1 Å². The van der Waals surface area contributed by atoms with E-state index >= 15 is 0 Å². The van der Waals surface area contributed by atoms with Gasteiger partial charge in [-0.05, 0) is 38.8 Å². The van der Waals surface area contributed by atoms with Gasteiger partial charge in [0, 0.05) is 17.9 Å². The van der Waals surface area contributed by atoms with E-state index in [1.165, 1.54) is 6.07 Å². The highest BCUT2D eigenvalue weighted by atomic mass is 16.8. The van der Waals surface area contributed by atoms with E-state index in [2.05, 4.69) is 13.0 Å². The fourth-order valence-electron chi connectivity index (χ4n) is 3.76. The minimum absolute atomic E-state index is 0.0311. The summed E-state index contributed by atoms with van der Waals surface area (Å²) < 4.78 is 17.8. The van der Waals surface area contributed by atoms with Crippen molar-refractivity contribution >= 4 is 12.0 Å². The molecule has 0 aromatic heterocycles. The van der Waals surface area contributed by atoms with Gasteiger partial charge in [-0.25, -0.2) is 4.79 Å². The van der Waals surface area contributed by atoms with Crippen molar-refractivity contribution < 1.29 is 29.2 Å². The summed E-state index contributed by atoms with van der Waals surface area (Å²) in [7, 11) is 0. The molecule has 2 aliphatic heterocycles. The highest BCUT2D eigenvalue weighted by molar-refractivity contribution is 5.97. The zero-order valence-electron chi connectivity index (χ0n) is 17.6. The molecule has 1 aromatic carbocycles. The van der Waals surface area contributed by atoms with Crippen LogP contribution in [0.25, 0.3) is 6.08 Å². The topological polar surface area (TPSA) is 85.2 Å². The van der Waals surface area contributed by atoms with Crippen LogP contribution in [-0.2, 0) is 14.2 Å². The molecule has 1 fully saturated rings. The van der Waals surface area contributed by atoms with Crippen LogP contribution in [0.3, 0.4) is 0 Å². The van der Waals surface area contributed by atoms with Crippen LogP contribution >= 0.6 is 0 Å². The zero-order valence-corrected chi connectivity index (χ0v) is 17.6. The summed E-state index contributed by atoms with van der Waals surface area (Å²) in [6, 6.07) is 2.57. The number of ether oxygens (including phenoxy) is 3. The van der Waals surface area contributed by atoms with Crippen molar-refractivity contribution in [3.8, 4) is 11.5 Å². The first-order valence-corrected chi connectivity index (χ1v) is 10.0. The number of benzene rings is 1. The Morgan fingerprint density at radius 2 is 1.72 bits per heavy atom. The molecule has 0 spiro atoms. The molecule has 5 atom stereocenters. The van der Waals surface area contributed by atoms with Gasteiger partial charge in [0.1, 0.15) is 23.2 Å². The Labute approximate surface area is 171 Å². The summed E-state index contributed by atoms with van der Waals surface area (Å²) in [6.07, 6.45) is 7.55. The molecule has 29 heavy (non-hydrogen) atoms.